The SMILES string of the molecule is CC(C)C[C@H](NC(=O)[C@H](CCCCN)NC(=O)[C@H](CCCCN)NC(=O)[C@H](C)NC(=O)[C@H](CC(C)C)NC(=O)[C@H](CCCCN)NC(=O)[C@H](C)NC(=O)[C@H](CC(C)C)NC(=O)[C@H](CC(C)C)NC(=O)[C@H](CCCCN)NC(=O)[C@H](C)NC(=O)[C@@H](N)Cc1ccccc1)C(=O)O. The zero-order chi connectivity index (χ0) is 71.9. The van der Waals surface area contributed by atoms with Gasteiger partial charge in [0, 0.05) is 0 Å². The van der Waals surface area contributed by atoms with E-state index in [1.54, 1.807) is 0 Å². The van der Waals surface area contributed by atoms with Gasteiger partial charge in [-0.05, 0) is 185 Å². The van der Waals surface area contributed by atoms with Crippen LogP contribution in [0.15, 0.2) is 30.3 Å². The van der Waals surface area contributed by atoms with E-state index in [0.717, 1.165) is 5.56 Å². The molecule has 1 rings (SSSR count). The summed E-state index contributed by atoms with van der Waals surface area (Å²) in [7, 11) is 0. The van der Waals surface area contributed by atoms with Crippen molar-refractivity contribution >= 4 is 70.9 Å². The Balaban J connectivity index is 3.34. The van der Waals surface area contributed by atoms with E-state index in [1.165, 1.54) is 20.8 Å². The van der Waals surface area contributed by atoms with Crippen LogP contribution >= 0.6 is 0 Å². The largest absolute Gasteiger partial charge is 0.480 e. The van der Waals surface area contributed by atoms with Crippen molar-refractivity contribution in [1.82, 2.24) is 58.5 Å². The van der Waals surface area contributed by atoms with Crippen molar-refractivity contribution in [2.45, 2.75) is 258 Å². The van der Waals surface area contributed by atoms with Crippen LogP contribution in [0.5, 0.6) is 0 Å². The zero-order valence-corrected chi connectivity index (χ0v) is 58.2. The van der Waals surface area contributed by atoms with Gasteiger partial charge in [-0.15, -0.1) is 0 Å². The van der Waals surface area contributed by atoms with Gasteiger partial charge in [0.1, 0.15) is 66.5 Å². The van der Waals surface area contributed by atoms with Gasteiger partial charge in [-0.3, -0.25) is 52.7 Å². The summed E-state index contributed by atoms with van der Waals surface area (Å²) in [6.07, 6.45) is 4.75. The molecular weight excluding hydrogens is 1220 g/mol. The lowest BCUT2D eigenvalue weighted by molar-refractivity contribution is -0.143. The Morgan fingerprint density at radius 1 is 0.316 bits per heavy atom. The van der Waals surface area contributed by atoms with Crippen LogP contribution in [0.25, 0.3) is 0 Å². The molecule has 0 saturated carbocycles. The number of amides is 11. The molecule has 540 valence electrons. The summed E-state index contributed by atoms with van der Waals surface area (Å²) in [5.74, 6) is -9.68. The van der Waals surface area contributed by atoms with Gasteiger partial charge in [0.05, 0.1) is 6.04 Å². The van der Waals surface area contributed by atoms with Gasteiger partial charge in [0.15, 0.2) is 0 Å². The van der Waals surface area contributed by atoms with Crippen LogP contribution in [0.2, 0.25) is 0 Å². The molecule has 1 aromatic rings. The normalized spacial score (nSPS) is 15.2. The number of carboxylic acid groups (broad SMARTS) is 1. The fourth-order valence-corrected chi connectivity index (χ4v) is 10.2. The molecular formula is C66H118N16O13. The molecule has 22 N–H and O–H groups in total. The monoisotopic (exact) mass is 1340 g/mol. The van der Waals surface area contributed by atoms with E-state index in [4.69, 9.17) is 28.7 Å². The lowest BCUT2D eigenvalue weighted by atomic mass is 9.99. The molecule has 0 radical (unpaired) electrons. The maximum Gasteiger partial charge on any atom is 0.326 e. The number of benzene rings is 1. The average molecular weight is 1340 g/mol. The van der Waals surface area contributed by atoms with Crippen LogP contribution in [-0.2, 0) is 64.0 Å². The summed E-state index contributed by atoms with van der Waals surface area (Å²) in [6.45, 7) is 20.0. The minimum atomic E-state index is -1.29. The maximum atomic E-state index is 14.3. The van der Waals surface area contributed by atoms with Crippen LogP contribution < -0.4 is 87.2 Å². The van der Waals surface area contributed by atoms with Crippen LogP contribution in [0, 0.1) is 23.7 Å². The molecule has 12 atom stereocenters. The first kappa shape index (κ1) is 85.7. The van der Waals surface area contributed by atoms with Crippen LogP contribution in [0.1, 0.15) is 184 Å². The van der Waals surface area contributed by atoms with Gasteiger partial charge >= 0.3 is 5.97 Å². The minimum absolute atomic E-state index is 0.0670. The molecule has 0 aliphatic heterocycles. The third-order valence-corrected chi connectivity index (χ3v) is 15.6. The molecule has 29 heteroatoms. The second kappa shape index (κ2) is 46.7. The van der Waals surface area contributed by atoms with Gasteiger partial charge in [0.25, 0.3) is 0 Å². The van der Waals surface area contributed by atoms with Gasteiger partial charge in [-0.25, -0.2) is 4.79 Å². The number of carbonyl (C=O) groups is 12. The summed E-state index contributed by atoms with van der Waals surface area (Å²) in [4.78, 5) is 165. The van der Waals surface area contributed by atoms with Crippen molar-refractivity contribution < 1.29 is 62.6 Å². The predicted molar refractivity (Wildman–Crippen MR) is 363 cm³/mol. The molecule has 0 aliphatic rings. The van der Waals surface area contributed by atoms with Crippen LogP contribution in [0.4, 0.5) is 0 Å². The molecule has 0 aromatic heterocycles. The van der Waals surface area contributed by atoms with Gasteiger partial charge < -0.3 is 92.3 Å². The van der Waals surface area contributed by atoms with E-state index >= 15 is 0 Å². The van der Waals surface area contributed by atoms with Crippen molar-refractivity contribution in [3.8, 4) is 0 Å². The van der Waals surface area contributed by atoms with E-state index < -0.39 is 143 Å². The number of hydrogen-bond acceptors (Lipinski definition) is 17. The third-order valence-electron chi connectivity index (χ3n) is 15.6. The van der Waals surface area contributed by atoms with Crippen molar-refractivity contribution in [2.75, 3.05) is 26.2 Å². The molecule has 11 amide bonds. The second-order valence-corrected chi connectivity index (χ2v) is 26.5. The highest BCUT2D eigenvalue weighted by atomic mass is 16.4. The number of carboxylic acids is 1. The van der Waals surface area contributed by atoms with Crippen molar-refractivity contribution in [1.29, 1.82) is 0 Å². The third kappa shape index (κ3) is 35.3. The number of unbranched alkanes of at least 4 members (excludes halogenated alkanes) is 4. The minimum Gasteiger partial charge on any atom is -0.480 e. The van der Waals surface area contributed by atoms with E-state index in [-0.39, 0.29) is 94.5 Å². The number of rotatable bonds is 49. The number of carbonyl (C=O) groups excluding carboxylic acids is 11. The standard InChI is InChI=1S/C66H118N16O13/c1-38(2)33-51(63(91)73-43(10)56(84)75-47(25-15-19-29-67)59(87)78-50(28-18-22-32-70)62(90)82-54(66(94)95)36-41(7)8)79-60(88)48(26-16-20-30-68)77-57(85)44(11)74-64(92)52(34-39(3)4)81-65(93)53(35-40(5)6)80-61(89)49(27-17-21-31-69)76-55(83)42(9)72-58(86)46(71)37-45-23-13-12-14-24-45/h12-14,23-24,38-44,46-54H,15-22,25-37,67-71H2,1-11H3,(H,72,86)(H,73,91)(H,74,92)(H,75,84)(H,76,83)(H,77,85)(H,78,87)(H,79,88)(H,80,89)(H,81,93)(H,82,90)(H,94,95)/t42-,43-,44-,46-,47-,48-,49-,50-,51-,52-,53-,54-/m0/s1. The average Bonchev–Trinajstić information content (AvgIpc) is 0.979. The van der Waals surface area contributed by atoms with E-state index in [1.807, 2.05) is 85.7 Å². The first-order valence-corrected chi connectivity index (χ1v) is 34.0. The summed E-state index contributed by atoms with van der Waals surface area (Å²) in [5.41, 5.74) is 30.0. The fraction of sp³-hybridized carbons (Fsp3) is 0.727. The molecule has 0 fully saturated rings. The van der Waals surface area contributed by atoms with Crippen molar-refractivity contribution in [2.24, 2.45) is 52.3 Å². The number of nitrogens with two attached hydrogens (primary N) is 5. The van der Waals surface area contributed by atoms with E-state index in [9.17, 15) is 62.6 Å². The second-order valence-electron chi connectivity index (χ2n) is 26.5. The molecule has 0 spiro atoms. The summed E-state index contributed by atoms with van der Waals surface area (Å²) in [5, 5.41) is 39.3. The number of hydrogen-bond donors (Lipinski definition) is 17. The maximum absolute atomic E-state index is 14.3. The highest BCUT2D eigenvalue weighted by Gasteiger charge is 2.36. The number of nitrogens with one attached hydrogen (secondary N) is 11. The van der Waals surface area contributed by atoms with E-state index in [2.05, 4.69) is 58.5 Å². The first-order chi connectivity index (χ1) is 44.8. The highest BCUT2D eigenvalue weighted by Crippen LogP contribution is 2.15. The Morgan fingerprint density at radius 2 is 0.547 bits per heavy atom. The Bertz CT molecular complexity index is 2560. The Hall–Kier alpha value is -7.34. The fourth-order valence-electron chi connectivity index (χ4n) is 10.2. The van der Waals surface area contributed by atoms with Crippen LogP contribution in [-0.4, -0.2) is 175 Å². The topological polar surface area (TPSA) is 487 Å². The van der Waals surface area contributed by atoms with E-state index in [0.29, 0.717) is 64.5 Å². The first-order valence-electron chi connectivity index (χ1n) is 34.0. The predicted octanol–water partition coefficient (Wildman–Crippen LogP) is -0.266. The van der Waals surface area contributed by atoms with Crippen molar-refractivity contribution in [3.05, 3.63) is 35.9 Å². The van der Waals surface area contributed by atoms with Gasteiger partial charge in [-0.2, -0.15) is 0 Å². The number of aliphatic carboxylic acids is 1. The molecule has 0 heterocycles. The molecule has 1 aromatic carbocycles. The molecule has 29 nitrogen and oxygen atoms in total. The quantitative estimate of drug-likeness (QED) is 0.0374. The molecule has 95 heavy (non-hydrogen) atoms. The smallest absolute Gasteiger partial charge is 0.326 e. The van der Waals surface area contributed by atoms with Crippen molar-refractivity contribution in [3.63, 3.8) is 0 Å². The van der Waals surface area contributed by atoms with Gasteiger partial charge in [0.2, 0.25) is 65.0 Å². The lowest BCUT2D eigenvalue weighted by Crippen LogP contribution is -2.60. The molecule has 0 aliphatic carbocycles. The summed E-state index contributed by atoms with van der Waals surface area (Å²) < 4.78 is 0. The highest BCUT2D eigenvalue weighted by molar-refractivity contribution is 5.99. The molecule has 0 saturated heterocycles. The lowest BCUT2D eigenvalue weighted by Gasteiger charge is -2.28. The Kier molecular flexibility index (Phi) is 42.1. The zero-order valence-electron chi connectivity index (χ0n) is 58.2. The molecule has 0 bridgehead atoms. The summed E-state index contributed by atoms with van der Waals surface area (Å²) in [6, 6.07) is -5.13. The van der Waals surface area contributed by atoms with Gasteiger partial charge in [-0.1, -0.05) is 85.7 Å². The van der Waals surface area contributed by atoms with Crippen LogP contribution in [0.3, 0.4) is 0 Å². The Labute approximate surface area is 562 Å². The molecule has 0 unspecified atom stereocenters. The summed E-state index contributed by atoms with van der Waals surface area (Å²) >= 11 is 0. The Morgan fingerprint density at radius 3 is 0.821 bits per heavy atom.